The minimum absolute atomic E-state index is 0. The molecule has 0 spiro atoms. The molecule has 3 heterocycles. The summed E-state index contributed by atoms with van der Waals surface area (Å²) in [6, 6.07) is 0.887. The highest BCUT2D eigenvalue weighted by atomic mass is 35.5. The molecule has 2 fully saturated rings. The van der Waals surface area contributed by atoms with Gasteiger partial charge >= 0.3 is 0 Å². The number of ether oxygens (including phenoxy) is 1. The Bertz CT molecular complexity index is 678. The number of aromatic nitrogens is 2. The molecule has 0 atom stereocenters. The van der Waals surface area contributed by atoms with Crippen molar-refractivity contribution in [3.63, 3.8) is 0 Å². The summed E-state index contributed by atoms with van der Waals surface area (Å²) in [6.07, 6.45) is 5.34. The van der Waals surface area contributed by atoms with Gasteiger partial charge in [0, 0.05) is 64.7 Å². The third-order valence-corrected chi connectivity index (χ3v) is 7.40. The molecule has 0 aromatic carbocycles. The Morgan fingerprint density at radius 3 is 2.33 bits per heavy atom. The average molecular weight is 422 g/mol. The van der Waals surface area contributed by atoms with Crippen molar-refractivity contribution in [3.05, 3.63) is 12.0 Å². The van der Waals surface area contributed by atoms with Crippen LogP contribution in [0.2, 0.25) is 0 Å². The molecule has 0 aliphatic carbocycles. The quantitative estimate of drug-likeness (QED) is 0.728. The van der Waals surface area contributed by atoms with Crippen LogP contribution in [0.3, 0.4) is 0 Å². The van der Waals surface area contributed by atoms with E-state index in [0.717, 1.165) is 45.4 Å². The SMILES string of the molecule is Cc1nc(S(=O)(=O)N2CCC(N(CCN)C3CCOCC3)CC2)cn1C.Cl. The van der Waals surface area contributed by atoms with Crippen molar-refractivity contribution in [2.45, 2.75) is 49.7 Å². The lowest BCUT2D eigenvalue weighted by molar-refractivity contribution is 0.00837. The van der Waals surface area contributed by atoms with Crippen molar-refractivity contribution < 1.29 is 13.2 Å². The molecule has 2 aliphatic rings. The normalized spacial score (nSPS) is 20.7. The molecule has 2 saturated heterocycles. The lowest BCUT2D eigenvalue weighted by Gasteiger charge is -2.43. The molecule has 3 rings (SSSR count). The first-order chi connectivity index (χ1) is 12.4. The van der Waals surface area contributed by atoms with E-state index < -0.39 is 10.0 Å². The maximum atomic E-state index is 12.9. The maximum absolute atomic E-state index is 12.9. The van der Waals surface area contributed by atoms with Gasteiger partial charge in [-0.2, -0.15) is 4.31 Å². The molecule has 2 aliphatic heterocycles. The van der Waals surface area contributed by atoms with Crippen molar-refractivity contribution in [3.8, 4) is 0 Å². The molecule has 1 aromatic rings. The van der Waals surface area contributed by atoms with Crippen LogP contribution in [0.4, 0.5) is 0 Å². The summed E-state index contributed by atoms with van der Waals surface area (Å²) in [5.74, 6) is 0.701. The zero-order valence-electron chi connectivity index (χ0n) is 16.2. The van der Waals surface area contributed by atoms with Crippen LogP contribution in [0.5, 0.6) is 0 Å². The fourth-order valence-electron chi connectivity index (χ4n) is 4.03. The van der Waals surface area contributed by atoms with Crippen LogP contribution in [-0.2, 0) is 21.8 Å². The first kappa shape index (κ1) is 22.6. The highest BCUT2D eigenvalue weighted by molar-refractivity contribution is 7.89. The Labute approximate surface area is 168 Å². The third kappa shape index (κ3) is 5.02. The second-order valence-corrected chi connectivity index (χ2v) is 9.13. The van der Waals surface area contributed by atoms with Crippen LogP contribution in [0.25, 0.3) is 0 Å². The topological polar surface area (TPSA) is 93.7 Å². The number of hydrogen-bond donors (Lipinski definition) is 1. The highest BCUT2D eigenvalue weighted by Gasteiger charge is 2.35. The summed E-state index contributed by atoms with van der Waals surface area (Å²) < 4.78 is 34.5. The molecule has 0 bridgehead atoms. The second-order valence-electron chi connectivity index (χ2n) is 7.24. The largest absolute Gasteiger partial charge is 0.381 e. The molecule has 0 saturated carbocycles. The Balaban J connectivity index is 0.00000261. The van der Waals surface area contributed by atoms with Gasteiger partial charge in [-0.15, -0.1) is 12.4 Å². The van der Waals surface area contributed by atoms with Gasteiger partial charge in [-0.25, -0.2) is 13.4 Å². The number of sulfonamides is 1. The number of nitrogens with two attached hydrogens (primary N) is 1. The van der Waals surface area contributed by atoms with Gasteiger partial charge in [0.1, 0.15) is 5.82 Å². The maximum Gasteiger partial charge on any atom is 0.262 e. The molecular formula is C17H32ClN5O3S. The number of piperidine rings is 1. The van der Waals surface area contributed by atoms with E-state index in [1.165, 1.54) is 0 Å². The molecule has 8 nitrogen and oxygen atoms in total. The molecular weight excluding hydrogens is 390 g/mol. The molecule has 1 aromatic heterocycles. The van der Waals surface area contributed by atoms with E-state index in [2.05, 4.69) is 9.88 Å². The number of aryl methyl sites for hydroxylation is 2. The van der Waals surface area contributed by atoms with Gasteiger partial charge in [0.05, 0.1) is 0 Å². The van der Waals surface area contributed by atoms with Gasteiger partial charge in [-0.05, 0) is 32.6 Å². The number of halogens is 1. The summed E-state index contributed by atoms with van der Waals surface area (Å²) in [6.45, 7) is 5.98. The van der Waals surface area contributed by atoms with Crippen LogP contribution in [0.1, 0.15) is 31.5 Å². The summed E-state index contributed by atoms with van der Waals surface area (Å²) in [5.41, 5.74) is 5.84. The zero-order valence-corrected chi connectivity index (χ0v) is 17.8. The van der Waals surface area contributed by atoms with Gasteiger partial charge in [0.15, 0.2) is 5.03 Å². The summed E-state index contributed by atoms with van der Waals surface area (Å²) >= 11 is 0. The summed E-state index contributed by atoms with van der Waals surface area (Å²) in [4.78, 5) is 6.70. The van der Waals surface area contributed by atoms with Crippen molar-refractivity contribution in [1.82, 2.24) is 18.8 Å². The van der Waals surface area contributed by atoms with E-state index in [1.54, 1.807) is 15.1 Å². The first-order valence-corrected chi connectivity index (χ1v) is 10.9. The first-order valence-electron chi connectivity index (χ1n) is 9.47. The van der Waals surface area contributed by atoms with Crippen molar-refractivity contribution in [1.29, 1.82) is 0 Å². The molecule has 27 heavy (non-hydrogen) atoms. The van der Waals surface area contributed by atoms with Crippen molar-refractivity contribution in [2.75, 3.05) is 39.4 Å². The van der Waals surface area contributed by atoms with Crippen LogP contribution >= 0.6 is 12.4 Å². The Morgan fingerprint density at radius 2 is 1.81 bits per heavy atom. The van der Waals surface area contributed by atoms with Gasteiger partial charge < -0.3 is 15.0 Å². The summed E-state index contributed by atoms with van der Waals surface area (Å²) in [7, 11) is -1.70. The standard InChI is InChI=1S/C17H31N5O3S.ClH/c1-14-19-17(13-20(14)2)26(23,24)21-8-3-15(4-9-21)22(10-7-18)16-5-11-25-12-6-16;/h13,15-16H,3-12,18H2,1-2H3;1H. The van der Waals surface area contributed by atoms with Crippen LogP contribution in [0, 0.1) is 6.92 Å². The number of nitrogens with zero attached hydrogens (tertiary/aromatic N) is 4. The fraction of sp³-hybridized carbons (Fsp3) is 0.824. The zero-order chi connectivity index (χ0) is 18.7. The summed E-state index contributed by atoms with van der Waals surface area (Å²) in [5, 5.41) is 0.152. The fourth-order valence-corrected chi connectivity index (χ4v) is 5.52. The highest BCUT2D eigenvalue weighted by Crippen LogP contribution is 2.26. The van der Waals surface area contributed by atoms with Gasteiger partial charge in [0.25, 0.3) is 10.0 Å². The lowest BCUT2D eigenvalue weighted by Crippen LogP contribution is -2.52. The molecule has 0 amide bonds. The predicted octanol–water partition coefficient (Wildman–Crippen LogP) is 0.743. The van der Waals surface area contributed by atoms with Crippen LogP contribution in [-0.4, -0.2) is 78.7 Å². The minimum atomic E-state index is -3.51. The Morgan fingerprint density at radius 1 is 1.22 bits per heavy atom. The average Bonchev–Trinajstić information content (AvgIpc) is 3.00. The third-order valence-electron chi connectivity index (χ3n) is 5.63. The van der Waals surface area contributed by atoms with E-state index in [1.807, 2.05) is 14.0 Å². The van der Waals surface area contributed by atoms with Gasteiger partial charge in [-0.1, -0.05) is 0 Å². The monoisotopic (exact) mass is 421 g/mol. The molecule has 156 valence electrons. The number of hydrogen-bond acceptors (Lipinski definition) is 6. The van der Waals surface area contributed by atoms with E-state index in [0.29, 0.717) is 37.5 Å². The minimum Gasteiger partial charge on any atom is -0.381 e. The number of rotatable bonds is 6. The molecule has 0 unspecified atom stereocenters. The Kier molecular flexibility index (Phi) is 8.08. The van der Waals surface area contributed by atoms with Crippen molar-refractivity contribution in [2.24, 2.45) is 12.8 Å². The molecule has 2 N–H and O–H groups in total. The predicted molar refractivity (Wildman–Crippen MR) is 107 cm³/mol. The van der Waals surface area contributed by atoms with E-state index in [9.17, 15) is 8.42 Å². The number of imidazole rings is 1. The van der Waals surface area contributed by atoms with Gasteiger partial charge in [-0.3, -0.25) is 4.90 Å². The van der Waals surface area contributed by atoms with Crippen LogP contribution in [0.15, 0.2) is 11.2 Å². The van der Waals surface area contributed by atoms with E-state index in [-0.39, 0.29) is 17.4 Å². The Hall–Kier alpha value is -0.710. The van der Waals surface area contributed by atoms with Crippen LogP contribution < -0.4 is 5.73 Å². The smallest absolute Gasteiger partial charge is 0.262 e. The lowest BCUT2D eigenvalue weighted by atomic mass is 9.99. The molecule has 10 heteroatoms. The molecule has 0 radical (unpaired) electrons. The van der Waals surface area contributed by atoms with E-state index in [4.69, 9.17) is 10.5 Å². The van der Waals surface area contributed by atoms with E-state index >= 15 is 0 Å². The second kappa shape index (κ2) is 9.67. The van der Waals surface area contributed by atoms with Crippen molar-refractivity contribution >= 4 is 22.4 Å². The van der Waals surface area contributed by atoms with Gasteiger partial charge in [0.2, 0.25) is 0 Å².